The molecule has 5 heteroatoms. The third kappa shape index (κ3) is 2.60. The second kappa shape index (κ2) is 5.48. The Kier molecular flexibility index (Phi) is 3.72. The number of nitrogens with zero attached hydrogens (tertiary/aromatic N) is 2. The van der Waals surface area contributed by atoms with E-state index in [0.29, 0.717) is 15.9 Å². The fraction of sp³-hybridized carbons (Fsp3) is 0. The molecule has 0 spiro atoms. The van der Waals surface area contributed by atoms with Crippen molar-refractivity contribution in [2.45, 2.75) is 0 Å². The molecule has 1 aromatic heterocycles. The second-order valence-electron chi connectivity index (χ2n) is 3.88. The van der Waals surface area contributed by atoms with Crippen LogP contribution in [0.3, 0.4) is 0 Å². The van der Waals surface area contributed by atoms with E-state index in [1.807, 2.05) is 48.5 Å². The van der Waals surface area contributed by atoms with Gasteiger partial charge in [0.15, 0.2) is 0 Å². The zero-order valence-electron chi connectivity index (χ0n) is 9.68. The van der Waals surface area contributed by atoms with Crippen molar-refractivity contribution in [1.82, 2.24) is 8.96 Å². The molecular formula is C14H8Cl2N2Se. The van der Waals surface area contributed by atoms with Crippen molar-refractivity contribution in [3.05, 3.63) is 58.6 Å². The van der Waals surface area contributed by atoms with Gasteiger partial charge in [0.1, 0.15) is 0 Å². The average molecular weight is 354 g/mol. The van der Waals surface area contributed by atoms with E-state index in [2.05, 4.69) is 8.96 Å². The molecule has 0 aliphatic heterocycles. The summed E-state index contributed by atoms with van der Waals surface area (Å²) >= 11 is 12.3. The Morgan fingerprint density at radius 2 is 1.37 bits per heavy atom. The van der Waals surface area contributed by atoms with Crippen molar-refractivity contribution in [3.63, 3.8) is 0 Å². The molecule has 3 aromatic rings. The molecule has 0 N–H and O–H groups in total. The first kappa shape index (κ1) is 12.9. The van der Waals surface area contributed by atoms with Crippen molar-refractivity contribution in [3.8, 4) is 21.5 Å². The van der Waals surface area contributed by atoms with Crippen LogP contribution in [-0.4, -0.2) is 23.7 Å². The number of hydrogen-bond donors (Lipinski definition) is 0. The molecule has 0 unspecified atom stereocenters. The third-order valence-electron chi connectivity index (χ3n) is 2.65. The van der Waals surface area contributed by atoms with E-state index in [-0.39, 0.29) is 14.7 Å². The van der Waals surface area contributed by atoms with E-state index in [9.17, 15) is 0 Å². The normalized spacial score (nSPS) is 10.6. The van der Waals surface area contributed by atoms with Gasteiger partial charge >= 0.3 is 127 Å². The first-order chi connectivity index (χ1) is 9.25. The van der Waals surface area contributed by atoms with Crippen LogP contribution in [0.15, 0.2) is 48.5 Å². The molecule has 0 amide bonds. The fourth-order valence-electron chi connectivity index (χ4n) is 1.72. The van der Waals surface area contributed by atoms with Gasteiger partial charge in [-0.05, 0) is 0 Å². The molecule has 1 heterocycles. The van der Waals surface area contributed by atoms with Gasteiger partial charge in [0, 0.05) is 0 Å². The molecule has 2 aromatic carbocycles. The van der Waals surface area contributed by atoms with Gasteiger partial charge in [0.05, 0.1) is 0 Å². The van der Waals surface area contributed by atoms with E-state index in [4.69, 9.17) is 23.2 Å². The summed E-state index contributed by atoms with van der Waals surface area (Å²) in [5.41, 5.74) is 1.82. The summed E-state index contributed by atoms with van der Waals surface area (Å²) in [6.45, 7) is 0. The average Bonchev–Trinajstić information content (AvgIpc) is 2.89. The first-order valence-corrected chi connectivity index (χ1v) is 7.97. The van der Waals surface area contributed by atoms with E-state index in [1.165, 1.54) is 0 Å². The Hall–Kier alpha value is -1.12. The molecule has 0 saturated carbocycles. The quantitative estimate of drug-likeness (QED) is 0.646. The predicted octanol–water partition coefficient (Wildman–Crippen LogP) is 4.17. The van der Waals surface area contributed by atoms with Crippen LogP contribution in [0.1, 0.15) is 0 Å². The molecule has 19 heavy (non-hydrogen) atoms. The second-order valence-corrected chi connectivity index (χ2v) is 6.27. The third-order valence-corrected chi connectivity index (χ3v) is 4.87. The van der Waals surface area contributed by atoms with Crippen LogP contribution in [-0.2, 0) is 0 Å². The van der Waals surface area contributed by atoms with Crippen LogP contribution in [0.5, 0.6) is 0 Å². The Morgan fingerprint density at radius 1 is 0.789 bits per heavy atom. The van der Waals surface area contributed by atoms with Crippen LogP contribution in [0.2, 0.25) is 10.0 Å². The number of aromatic nitrogens is 2. The molecule has 2 nitrogen and oxygen atoms in total. The molecule has 0 radical (unpaired) electrons. The van der Waals surface area contributed by atoms with Gasteiger partial charge in [0.2, 0.25) is 0 Å². The zero-order valence-corrected chi connectivity index (χ0v) is 12.9. The van der Waals surface area contributed by atoms with Crippen LogP contribution in [0.25, 0.3) is 21.5 Å². The maximum absolute atomic E-state index is 6.18. The van der Waals surface area contributed by atoms with Crippen molar-refractivity contribution in [1.29, 1.82) is 0 Å². The summed E-state index contributed by atoms with van der Waals surface area (Å²) in [6, 6.07) is 15.3. The minimum atomic E-state index is -0.0561. The van der Waals surface area contributed by atoms with Crippen LogP contribution >= 0.6 is 23.2 Å². The maximum atomic E-state index is 6.18. The summed E-state index contributed by atoms with van der Waals surface area (Å²) in [7, 11) is 0. The summed E-state index contributed by atoms with van der Waals surface area (Å²) in [6.07, 6.45) is 0. The molecule has 0 saturated heterocycles. The number of rotatable bonds is 2. The first-order valence-electron chi connectivity index (χ1n) is 5.59. The molecular weight excluding hydrogens is 346 g/mol. The minimum absolute atomic E-state index is 0.0561. The molecule has 0 atom stereocenters. The van der Waals surface area contributed by atoms with Gasteiger partial charge in [0.25, 0.3) is 0 Å². The van der Waals surface area contributed by atoms with Gasteiger partial charge in [-0.25, -0.2) is 0 Å². The predicted molar refractivity (Wildman–Crippen MR) is 79.9 cm³/mol. The van der Waals surface area contributed by atoms with Crippen LogP contribution in [0, 0.1) is 0 Å². The van der Waals surface area contributed by atoms with Gasteiger partial charge in [-0.15, -0.1) is 0 Å². The van der Waals surface area contributed by atoms with E-state index in [0.717, 1.165) is 15.7 Å². The van der Waals surface area contributed by atoms with Crippen LogP contribution in [0.4, 0.5) is 0 Å². The van der Waals surface area contributed by atoms with Gasteiger partial charge in [-0.1, -0.05) is 0 Å². The molecule has 0 aliphatic carbocycles. The molecule has 94 valence electrons. The Bertz CT molecular complexity index is 665. The van der Waals surface area contributed by atoms with Gasteiger partial charge < -0.3 is 0 Å². The number of benzene rings is 2. The fourth-order valence-corrected chi connectivity index (χ4v) is 3.79. The zero-order chi connectivity index (χ0) is 13.2. The monoisotopic (exact) mass is 354 g/mol. The Balaban J connectivity index is 2.06. The van der Waals surface area contributed by atoms with Crippen molar-refractivity contribution in [2.24, 2.45) is 0 Å². The van der Waals surface area contributed by atoms with Gasteiger partial charge in [-0.2, -0.15) is 0 Å². The van der Waals surface area contributed by atoms with Crippen molar-refractivity contribution < 1.29 is 0 Å². The van der Waals surface area contributed by atoms with E-state index < -0.39 is 0 Å². The van der Waals surface area contributed by atoms with E-state index in [1.54, 1.807) is 0 Å². The Labute approximate surface area is 127 Å². The summed E-state index contributed by atoms with van der Waals surface area (Å²) < 4.78 is 5.44. The topological polar surface area (TPSA) is 25.8 Å². The van der Waals surface area contributed by atoms with E-state index >= 15 is 0 Å². The number of hydrogen-bond acceptors (Lipinski definition) is 2. The number of halogens is 2. The molecule has 0 aliphatic rings. The standard InChI is InChI=1S/C14H8Cl2N2Se/c15-11-7-3-1-5-9(11)13-17-14(19-18-13)10-6-2-4-8-12(10)16/h1-8H. The van der Waals surface area contributed by atoms with Crippen molar-refractivity contribution in [2.75, 3.05) is 0 Å². The van der Waals surface area contributed by atoms with Crippen molar-refractivity contribution >= 4 is 37.9 Å². The molecule has 0 fully saturated rings. The summed E-state index contributed by atoms with van der Waals surface area (Å²) in [4.78, 5) is 4.58. The molecule has 0 bridgehead atoms. The van der Waals surface area contributed by atoms with Crippen LogP contribution < -0.4 is 0 Å². The van der Waals surface area contributed by atoms with Gasteiger partial charge in [-0.3, -0.25) is 0 Å². The summed E-state index contributed by atoms with van der Waals surface area (Å²) in [5, 5.41) is 1.37. The molecule has 3 rings (SSSR count). The summed E-state index contributed by atoms with van der Waals surface area (Å²) in [5.74, 6) is 0.695. The Morgan fingerprint density at radius 3 is 2.00 bits per heavy atom. The SMILES string of the molecule is Clc1ccccc1-c1n[se]c(-c2ccccc2Cl)n1.